The molecule has 7 heteroatoms. The van der Waals surface area contributed by atoms with Crippen LogP contribution in [0.2, 0.25) is 0 Å². The highest BCUT2D eigenvalue weighted by Gasteiger charge is 2.31. The van der Waals surface area contributed by atoms with Crippen molar-refractivity contribution in [1.29, 1.82) is 0 Å². The summed E-state index contributed by atoms with van der Waals surface area (Å²) in [5, 5.41) is 4.08. The second kappa shape index (κ2) is 7.27. The Bertz CT molecular complexity index is 789. The first kappa shape index (κ1) is 16.8. The normalized spacial score (nSPS) is 20.6. The zero-order chi connectivity index (χ0) is 17.9. The van der Waals surface area contributed by atoms with Crippen molar-refractivity contribution in [3.63, 3.8) is 0 Å². The van der Waals surface area contributed by atoms with E-state index in [0.717, 1.165) is 31.4 Å². The van der Waals surface area contributed by atoms with Gasteiger partial charge in [0.1, 0.15) is 0 Å². The molecule has 26 heavy (non-hydrogen) atoms. The van der Waals surface area contributed by atoms with Crippen molar-refractivity contribution in [2.24, 2.45) is 0 Å². The van der Waals surface area contributed by atoms with Crippen molar-refractivity contribution in [3.8, 4) is 11.4 Å². The van der Waals surface area contributed by atoms with Gasteiger partial charge in [0.25, 0.3) is 0 Å². The summed E-state index contributed by atoms with van der Waals surface area (Å²) < 4.78 is 5.47. The number of likely N-dealkylation sites (tertiary alicyclic amines) is 2. The van der Waals surface area contributed by atoms with Gasteiger partial charge in [-0.15, -0.1) is 0 Å². The van der Waals surface area contributed by atoms with E-state index in [1.54, 1.807) is 4.90 Å². The van der Waals surface area contributed by atoms with Crippen molar-refractivity contribution in [2.45, 2.75) is 31.6 Å². The molecular formula is C19H22N4O3. The van der Waals surface area contributed by atoms with Crippen LogP contribution in [0.15, 0.2) is 34.9 Å². The van der Waals surface area contributed by atoms with Crippen molar-refractivity contribution in [2.75, 3.05) is 26.2 Å². The van der Waals surface area contributed by atoms with Gasteiger partial charge in [-0.3, -0.25) is 9.59 Å². The van der Waals surface area contributed by atoms with Crippen LogP contribution in [0.3, 0.4) is 0 Å². The number of aromatic nitrogens is 2. The number of hydrogen-bond acceptors (Lipinski definition) is 5. The fourth-order valence-corrected chi connectivity index (χ4v) is 3.65. The van der Waals surface area contributed by atoms with Gasteiger partial charge < -0.3 is 14.3 Å². The van der Waals surface area contributed by atoms with Crippen LogP contribution in [0.1, 0.15) is 37.5 Å². The van der Waals surface area contributed by atoms with E-state index in [-0.39, 0.29) is 24.3 Å². The van der Waals surface area contributed by atoms with Crippen molar-refractivity contribution < 1.29 is 14.1 Å². The molecule has 2 amide bonds. The number of amides is 2. The average molecular weight is 354 g/mol. The molecule has 0 aliphatic carbocycles. The lowest BCUT2D eigenvalue weighted by molar-refractivity contribution is -0.139. The zero-order valence-corrected chi connectivity index (χ0v) is 14.6. The van der Waals surface area contributed by atoms with E-state index in [2.05, 4.69) is 10.1 Å². The first-order chi connectivity index (χ1) is 12.7. The van der Waals surface area contributed by atoms with Crippen molar-refractivity contribution in [3.05, 3.63) is 36.2 Å². The Morgan fingerprint density at radius 2 is 2.04 bits per heavy atom. The van der Waals surface area contributed by atoms with Gasteiger partial charge in [0.2, 0.25) is 23.5 Å². The lowest BCUT2D eigenvalue weighted by Gasteiger charge is -2.32. The Morgan fingerprint density at radius 3 is 2.81 bits per heavy atom. The highest BCUT2D eigenvalue weighted by molar-refractivity contribution is 5.86. The number of benzene rings is 1. The predicted molar refractivity (Wildman–Crippen MR) is 94.1 cm³/mol. The van der Waals surface area contributed by atoms with Crippen LogP contribution in [-0.2, 0) is 9.59 Å². The monoisotopic (exact) mass is 354 g/mol. The second-order valence-electron chi connectivity index (χ2n) is 6.92. The van der Waals surface area contributed by atoms with Crippen LogP contribution in [-0.4, -0.2) is 57.9 Å². The Balaban J connectivity index is 1.41. The number of carbonyl (C=O) groups excluding carboxylic acids is 2. The van der Waals surface area contributed by atoms with Gasteiger partial charge in [-0.1, -0.05) is 35.5 Å². The van der Waals surface area contributed by atoms with Crippen LogP contribution in [0, 0.1) is 0 Å². The molecule has 0 bridgehead atoms. The molecule has 0 saturated carbocycles. The molecule has 0 N–H and O–H groups in total. The minimum absolute atomic E-state index is 0.00717. The molecule has 2 saturated heterocycles. The minimum atomic E-state index is 0.00717. The molecule has 2 aliphatic heterocycles. The maximum atomic E-state index is 12.6. The lowest BCUT2D eigenvalue weighted by atomic mass is 9.98. The van der Waals surface area contributed by atoms with Crippen LogP contribution >= 0.6 is 0 Å². The molecule has 0 spiro atoms. The molecule has 1 aromatic heterocycles. The maximum absolute atomic E-state index is 12.6. The molecule has 1 unspecified atom stereocenters. The maximum Gasteiger partial charge on any atom is 0.242 e. The Hall–Kier alpha value is -2.70. The van der Waals surface area contributed by atoms with Crippen molar-refractivity contribution in [1.82, 2.24) is 19.9 Å². The molecule has 2 aliphatic rings. The van der Waals surface area contributed by atoms with Gasteiger partial charge in [0.15, 0.2) is 0 Å². The van der Waals surface area contributed by atoms with E-state index in [9.17, 15) is 9.59 Å². The Morgan fingerprint density at radius 1 is 1.19 bits per heavy atom. The standard InChI is InChI=1S/C19H22N4O3/c24-16-9-5-11-23(16)13-17(25)22-10-4-8-15(12-22)19-20-18(21-26-19)14-6-2-1-3-7-14/h1-3,6-7,15H,4-5,8-13H2. The highest BCUT2D eigenvalue weighted by atomic mass is 16.5. The fourth-order valence-electron chi connectivity index (χ4n) is 3.65. The fraction of sp³-hybridized carbons (Fsp3) is 0.474. The van der Waals surface area contributed by atoms with E-state index < -0.39 is 0 Å². The summed E-state index contributed by atoms with van der Waals surface area (Å²) in [4.78, 5) is 32.3. The van der Waals surface area contributed by atoms with Crippen LogP contribution in [0.25, 0.3) is 11.4 Å². The van der Waals surface area contributed by atoms with Gasteiger partial charge in [-0.25, -0.2) is 0 Å². The molecular weight excluding hydrogens is 332 g/mol. The predicted octanol–water partition coefficient (Wildman–Crippen LogP) is 2.07. The van der Waals surface area contributed by atoms with E-state index in [1.165, 1.54) is 0 Å². The highest BCUT2D eigenvalue weighted by Crippen LogP contribution is 2.27. The third-order valence-electron chi connectivity index (χ3n) is 5.09. The summed E-state index contributed by atoms with van der Waals surface area (Å²) in [5.74, 6) is 1.29. The molecule has 0 radical (unpaired) electrons. The van der Waals surface area contributed by atoms with Crippen molar-refractivity contribution >= 4 is 11.8 Å². The number of nitrogens with zero attached hydrogens (tertiary/aromatic N) is 4. The molecule has 1 atom stereocenters. The molecule has 4 rings (SSSR count). The molecule has 7 nitrogen and oxygen atoms in total. The third kappa shape index (κ3) is 3.47. The summed E-state index contributed by atoms with van der Waals surface area (Å²) >= 11 is 0. The summed E-state index contributed by atoms with van der Waals surface area (Å²) in [5.41, 5.74) is 0.916. The Kier molecular flexibility index (Phi) is 4.69. The van der Waals surface area contributed by atoms with E-state index in [4.69, 9.17) is 4.52 Å². The molecule has 2 aromatic rings. The van der Waals surface area contributed by atoms with Gasteiger partial charge in [0.05, 0.1) is 12.5 Å². The average Bonchev–Trinajstić information content (AvgIpc) is 3.32. The van der Waals surface area contributed by atoms with E-state index >= 15 is 0 Å². The second-order valence-corrected chi connectivity index (χ2v) is 6.92. The van der Waals surface area contributed by atoms with Crippen LogP contribution in [0.4, 0.5) is 0 Å². The first-order valence-electron chi connectivity index (χ1n) is 9.15. The molecule has 3 heterocycles. The van der Waals surface area contributed by atoms with Crippen LogP contribution < -0.4 is 0 Å². The van der Waals surface area contributed by atoms with E-state index in [1.807, 2.05) is 35.2 Å². The third-order valence-corrected chi connectivity index (χ3v) is 5.09. The largest absolute Gasteiger partial charge is 0.340 e. The molecule has 136 valence electrons. The molecule has 2 fully saturated rings. The minimum Gasteiger partial charge on any atom is -0.340 e. The van der Waals surface area contributed by atoms with E-state index in [0.29, 0.717) is 31.2 Å². The van der Waals surface area contributed by atoms with Gasteiger partial charge >= 0.3 is 0 Å². The summed E-state index contributed by atoms with van der Waals surface area (Å²) in [6.07, 6.45) is 3.22. The quantitative estimate of drug-likeness (QED) is 0.840. The topological polar surface area (TPSA) is 79.5 Å². The number of carbonyl (C=O) groups is 2. The lowest BCUT2D eigenvalue weighted by Crippen LogP contribution is -2.45. The summed E-state index contributed by atoms with van der Waals surface area (Å²) in [6, 6.07) is 9.70. The Labute approximate surface area is 152 Å². The number of hydrogen-bond donors (Lipinski definition) is 0. The van der Waals surface area contributed by atoms with Gasteiger partial charge in [-0.05, 0) is 19.3 Å². The molecule has 1 aromatic carbocycles. The number of rotatable bonds is 4. The number of piperidine rings is 1. The summed E-state index contributed by atoms with van der Waals surface area (Å²) in [6.45, 7) is 2.16. The SMILES string of the molecule is O=C1CCCN1CC(=O)N1CCCC(c2nc(-c3ccccc3)no2)C1. The van der Waals surface area contributed by atoms with Gasteiger partial charge in [0, 0.05) is 31.6 Å². The van der Waals surface area contributed by atoms with Gasteiger partial charge in [-0.2, -0.15) is 4.98 Å². The smallest absolute Gasteiger partial charge is 0.242 e. The first-order valence-corrected chi connectivity index (χ1v) is 9.15. The summed E-state index contributed by atoms with van der Waals surface area (Å²) in [7, 11) is 0. The van der Waals surface area contributed by atoms with Crippen LogP contribution in [0.5, 0.6) is 0 Å². The zero-order valence-electron chi connectivity index (χ0n) is 14.6.